The molecule has 2 nitrogen and oxygen atoms in total. The molecular weight excluding hydrogens is 196 g/mol. The summed E-state index contributed by atoms with van der Waals surface area (Å²) in [6.45, 7) is 1.08. The molecule has 16 heavy (non-hydrogen) atoms. The summed E-state index contributed by atoms with van der Waals surface area (Å²) in [5, 5.41) is 9.05. The molecule has 0 aromatic heterocycles. The molecule has 0 spiro atoms. The molecule has 0 saturated heterocycles. The van der Waals surface area contributed by atoms with Crippen LogP contribution in [0.15, 0.2) is 24.3 Å². The van der Waals surface area contributed by atoms with Gasteiger partial charge in [0.2, 0.25) is 0 Å². The van der Waals surface area contributed by atoms with Crippen LogP contribution >= 0.6 is 0 Å². The quantitative estimate of drug-likeness (QED) is 0.772. The average Bonchev–Trinajstić information content (AvgIpc) is 2.81. The molecule has 1 aliphatic rings. The summed E-state index contributed by atoms with van der Waals surface area (Å²) >= 11 is 0. The Kier molecular flexibility index (Phi) is 3.46. The Bertz CT molecular complexity index is 386. The number of benzene rings is 1. The standard InChI is InChI=1S/C14H18N2/c1-16(11-12-6-2-3-7-12)14-9-5-4-8-13(14)10-15/h4-5,8-9,12H,2-3,6-7,11H2,1H3. The first-order valence-electron chi connectivity index (χ1n) is 6.01. The Morgan fingerprint density at radius 3 is 2.69 bits per heavy atom. The summed E-state index contributed by atoms with van der Waals surface area (Å²) in [7, 11) is 2.09. The maximum atomic E-state index is 9.05. The molecule has 1 aromatic rings. The topological polar surface area (TPSA) is 27.0 Å². The van der Waals surface area contributed by atoms with Gasteiger partial charge in [0.05, 0.1) is 11.3 Å². The lowest BCUT2D eigenvalue weighted by Gasteiger charge is -2.23. The third-order valence-electron chi connectivity index (χ3n) is 3.44. The van der Waals surface area contributed by atoms with E-state index in [2.05, 4.69) is 18.0 Å². The molecule has 84 valence electrons. The summed E-state index contributed by atoms with van der Waals surface area (Å²) in [4.78, 5) is 2.23. The highest BCUT2D eigenvalue weighted by Gasteiger charge is 2.17. The maximum Gasteiger partial charge on any atom is 0.101 e. The number of hydrogen-bond acceptors (Lipinski definition) is 2. The van der Waals surface area contributed by atoms with Crippen molar-refractivity contribution in [1.82, 2.24) is 0 Å². The molecule has 0 radical (unpaired) electrons. The minimum atomic E-state index is 0.781. The number of rotatable bonds is 3. The Morgan fingerprint density at radius 1 is 1.31 bits per heavy atom. The van der Waals surface area contributed by atoms with Crippen molar-refractivity contribution in [3.63, 3.8) is 0 Å². The zero-order valence-corrected chi connectivity index (χ0v) is 9.82. The van der Waals surface area contributed by atoms with Crippen molar-refractivity contribution in [3.8, 4) is 6.07 Å². The molecule has 0 bridgehead atoms. The van der Waals surface area contributed by atoms with Crippen LogP contribution in [-0.2, 0) is 0 Å². The number of hydrogen-bond donors (Lipinski definition) is 0. The number of nitriles is 1. The van der Waals surface area contributed by atoms with E-state index < -0.39 is 0 Å². The van der Waals surface area contributed by atoms with Gasteiger partial charge in [-0.1, -0.05) is 25.0 Å². The van der Waals surface area contributed by atoms with Gasteiger partial charge in [0.15, 0.2) is 0 Å². The predicted octanol–water partition coefficient (Wildman–Crippen LogP) is 3.18. The lowest BCUT2D eigenvalue weighted by Crippen LogP contribution is -2.24. The molecule has 0 unspecified atom stereocenters. The predicted molar refractivity (Wildman–Crippen MR) is 66.4 cm³/mol. The number of anilines is 1. The Hall–Kier alpha value is -1.49. The Morgan fingerprint density at radius 2 is 2.00 bits per heavy atom. The van der Waals surface area contributed by atoms with Crippen LogP contribution < -0.4 is 4.90 Å². The van der Waals surface area contributed by atoms with Crippen molar-refractivity contribution in [3.05, 3.63) is 29.8 Å². The van der Waals surface area contributed by atoms with E-state index in [0.29, 0.717) is 0 Å². The second kappa shape index (κ2) is 5.03. The summed E-state index contributed by atoms with van der Waals surface area (Å²) < 4.78 is 0. The fourth-order valence-electron chi connectivity index (χ4n) is 2.58. The average molecular weight is 214 g/mol. The Balaban J connectivity index is 2.08. The van der Waals surface area contributed by atoms with E-state index in [9.17, 15) is 0 Å². The monoisotopic (exact) mass is 214 g/mol. The molecule has 0 amide bonds. The summed E-state index contributed by atoms with van der Waals surface area (Å²) in [6, 6.07) is 10.1. The van der Waals surface area contributed by atoms with Gasteiger partial charge in [0.1, 0.15) is 6.07 Å². The highest BCUT2D eigenvalue weighted by Crippen LogP contribution is 2.27. The lowest BCUT2D eigenvalue weighted by molar-refractivity contribution is 0.547. The summed E-state index contributed by atoms with van der Waals surface area (Å²) in [5.74, 6) is 0.816. The van der Waals surface area contributed by atoms with Crippen molar-refractivity contribution < 1.29 is 0 Å². The molecule has 1 fully saturated rings. The molecule has 1 saturated carbocycles. The maximum absolute atomic E-state index is 9.05. The molecule has 2 rings (SSSR count). The van der Waals surface area contributed by atoms with Gasteiger partial charge in [-0.05, 0) is 30.9 Å². The second-order valence-electron chi connectivity index (χ2n) is 4.66. The van der Waals surface area contributed by atoms with E-state index in [1.165, 1.54) is 25.7 Å². The lowest BCUT2D eigenvalue weighted by atomic mass is 10.1. The SMILES string of the molecule is CN(CC1CCCC1)c1ccccc1C#N. The second-order valence-corrected chi connectivity index (χ2v) is 4.66. The van der Waals surface area contributed by atoms with Gasteiger partial charge in [-0.15, -0.1) is 0 Å². The van der Waals surface area contributed by atoms with E-state index in [4.69, 9.17) is 5.26 Å². The van der Waals surface area contributed by atoms with Gasteiger partial charge in [-0.3, -0.25) is 0 Å². The first kappa shape index (κ1) is 11.0. The largest absolute Gasteiger partial charge is 0.373 e. The van der Waals surface area contributed by atoms with Crippen molar-refractivity contribution in [2.24, 2.45) is 5.92 Å². The van der Waals surface area contributed by atoms with E-state index in [-0.39, 0.29) is 0 Å². The van der Waals surface area contributed by atoms with Crippen LogP contribution in [0.25, 0.3) is 0 Å². The summed E-state index contributed by atoms with van der Waals surface area (Å²) in [6.07, 6.45) is 5.44. The van der Waals surface area contributed by atoms with Gasteiger partial charge >= 0.3 is 0 Å². The highest BCUT2D eigenvalue weighted by molar-refractivity contribution is 5.58. The molecule has 0 heterocycles. The first-order chi connectivity index (χ1) is 7.81. The fourth-order valence-corrected chi connectivity index (χ4v) is 2.58. The van der Waals surface area contributed by atoms with Crippen molar-refractivity contribution in [2.75, 3.05) is 18.5 Å². The molecule has 0 aliphatic heterocycles. The first-order valence-corrected chi connectivity index (χ1v) is 6.01. The molecule has 2 heteroatoms. The van der Waals surface area contributed by atoms with Crippen LogP contribution in [0.4, 0.5) is 5.69 Å². The van der Waals surface area contributed by atoms with Crippen LogP contribution in [0.2, 0.25) is 0 Å². The number of nitrogens with zero attached hydrogens (tertiary/aromatic N) is 2. The van der Waals surface area contributed by atoms with Crippen LogP contribution in [0, 0.1) is 17.2 Å². The minimum Gasteiger partial charge on any atom is -0.373 e. The third kappa shape index (κ3) is 2.36. The van der Waals surface area contributed by atoms with Crippen LogP contribution in [0.3, 0.4) is 0 Å². The van der Waals surface area contributed by atoms with E-state index in [0.717, 1.165) is 23.7 Å². The highest BCUT2D eigenvalue weighted by atomic mass is 15.1. The number of para-hydroxylation sites is 1. The minimum absolute atomic E-state index is 0.781. The van der Waals surface area contributed by atoms with Gasteiger partial charge in [0, 0.05) is 13.6 Å². The zero-order valence-electron chi connectivity index (χ0n) is 9.82. The smallest absolute Gasteiger partial charge is 0.101 e. The van der Waals surface area contributed by atoms with Gasteiger partial charge in [0.25, 0.3) is 0 Å². The normalized spacial score (nSPS) is 16.0. The fraction of sp³-hybridized carbons (Fsp3) is 0.500. The molecular formula is C14H18N2. The summed E-state index contributed by atoms with van der Waals surface area (Å²) in [5.41, 5.74) is 1.85. The molecule has 1 aliphatic carbocycles. The molecule has 1 aromatic carbocycles. The van der Waals surface area contributed by atoms with E-state index >= 15 is 0 Å². The van der Waals surface area contributed by atoms with E-state index in [1.807, 2.05) is 24.3 Å². The van der Waals surface area contributed by atoms with Crippen molar-refractivity contribution >= 4 is 5.69 Å². The van der Waals surface area contributed by atoms with Crippen molar-refractivity contribution in [1.29, 1.82) is 5.26 Å². The zero-order chi connectivity index (χ0) is 11.4. The molecule has 0 atom stereocenters. The van der Waals surface area contributed by atoms with Crippen LogP contribution in [-0.4, -0.2) is 13.6 Å². The van der Waals surface area contributed by atoms with Gasteiger partial charge in [-0.2, -0.15) is 5.26 Å². The van der Waals surface area contributed by atoms with Crippen molar-refractivity contribution in [2.45, 2.75) is 25.7 Å². The van der Waals surface area contributed by atoms with Gasteiger partial charge in [-0.25, -0.2) is 0 Å². The molecule has 0 N–H and O–H groups in total. The van der Waals surface area contributed by atoms with Crippen LogP contribution in [0.5, 0.6) is 0 Å². The van der Waals surface area contributed by atoms with E-state index in [1.54, 1.807) is 0 Å². The Labute approximate surface area is 97.5 Å². The van der Waals surface area contributed by atoms with Crippen LogP contribution in [0.1, 0.15) is 31.2 Å². The third-order valence-corrected chi connectivity index (χ3v) is 3.44. The van der Waals surface area contributed by atoms with Gasteiger partial charge < -0.3 is 4.90 Å².